The van der Waals surface area contributed by atoms with Crippen molar-refractivity contribution in [2.75, 3.05) is 5.32 Å². The Morgan fingerprint density at radius 3 is 2.71 bits per heavy atom. The fraction of sp³-hybridized carbons (Fsp3) is 0.231. The average molecular weight is 318 g/mol. The lowest BCUT2D eigenvalue weighted by Gasteiger charge is -2.15. The molecule has 1 heterocycles. The van der Waals surface area contributed by atoms with E-state index in [1.165, 1.54) is 16.9 Å². The molecule has 8 heteroatoms. The molecule has 0 saturated carbocycles. The molecule has 112 valence electrons. The SMILES string of the molecule is C[C@H](C(=O)Nc1ccc(Cl)c(C(F)(F)F)c1)n1cccn1. The molecule has 2 rings (SSSR count). The van der Waals surface area contributed by atoms with Crippen LogP contribution in [0.15, 0.2) is 36.7 Å². The van der Waals surface area contributed by atoms with Crippen molar-refractivity contribution in [2.24, 2.45) is 0 Å². The minimum Gasteiger partial charge on any atom is -0.324 e. The molecule has 2 aromatic rings. The van der Waals surface area contributed by atoms with E-state index in [2.05, 4.69) is 10.4 Å². The lowest BCUT2D eigenvalue weighted by molar-refractivity contribution is -0.137. The number of benzene rings is 1. The highest BCUT2D eigenvalue weighted by Crippen LogP contribution is 2.36. The van der Waals surface area contributed by atoms with Gasteiger partial charge in [0.25, 0.3) is 0 Å². The van der Waals surface area contributed by atoms with E-state index in [0.717, 1.165) is 12.1 Å². The predicted octanol–water partition coefficient (Wildman–Crippen LogP) is 3.76. The third-order valence-corrected chi connectivity index (χ3v) is 3.17. The third kappa shape index (κ3) is 3.55. The molecule has 0 aliphatic rings. The van der Waals surface area contributed by atoms with Gasteiger partial charge in [-0.15, -0.1) is 0 Å². The van der Waals surface area contributed by atoms with Crippen molar-refractivity contribution >= 4 is 23.2 Å². The van der Waals surface area contributed by atoms with Gasteiger partial charge >= 0.3 is 6.18 Å². The van der Waals surface area contributed by atoms with E-state index in [1.54, 1.807) is 19.2 Å². The first-order chi connectivity index (χ1) is 9.79. The highest BCUT2D eigenvalue weighted by molar-refractivity contribution is 6.31. The summed E-state index contributed by atoms with van der Waals surface area (Å²) in [5.74, 6) is -0.478. The molecule has 1 N–H and O–H groups in total. The minimum absolute atomic E-state index is 0.0238. The minimum atomic E-state index is -4.58. The quantitative estimate of drug-likeness (QED) is 0.937. The number of rotatable bonds is 3. The largest absolute Gasteiger partial charge is 0.417 e. The molecule has 0 unspecified atom stereocenters. The number of aromatic nitrogens is 2. The monoisotopic (exact) mass is 317 g/mol. The first kappa shape index (κ1) is 15.4. The summed E-state index contributed by atoms with van der Waals surface area (Å²) < 4.78 is 39.6. The smallest absolute Gasteiger partial charge is 0.324 e. The molecular formula is C13H11ClF3N3O. The van der Waals surface area contributed by atoms with E-state index in [1.807, 2.05) is 0 Å². The summed E-state index contributed by atoms with van der Waals surface area (Å²) in [6.45, 7) is 1.59. The van der Waals surface area contributed by atoms with Gasteiger partial charge in [0, 0.05) is 18.1 Å². The van der Waals surface area contributed by atoms with E-state index >= 15 is 0 Å². The number of carbonyl (C=O) groups excluding carboxylic acids is 1. The first-order valence-corrected chi connectivity index (χ1v) is 6.33. The maximum atomic E-state index is 12.7. The maximum Gasteiger partial charge on any atom is 0.417 e. The van der Waals surface area contributed by atoms with Gasteiger partial charge in [0.2, 0.25) is 5.91 Å². The zero-order valence-corrected chi connectivity index (χ0v) is 11.6. The highest BCUT2D eigenvalue weighted by Gasteiger charge is 2.33. The summed E-state index contributed by atoms with van der Waals surface area (Å²) in [5.41, 5.74) is -0.968. The van der Waals surface area contributed by atoms with Crippen LogP contribution in [0.2, 0.25) is 5.02 Å². The number of amides is 1. The fourth-order valence-electron chi connectivity index (χ4n) is 1.70. The lowest BCUT2D eigenvalue weighted by atomic mass is 10.2. The Hall–Kier alpha value is -2.02. The summed E-state index contributed by atoms with van der Waals surface area (Å²) in [5, 5.41) is 5.90. The summed E-state index contributed by atoms with van der Waals surface area (Å²) in [6.07, 6.45) is -1.48. The van der Waals surface area contributed by atoms with E-state index in [-0.39, 0.29) is 5.69 Å². The predicted molar refractivity (Wildman–Crippen MR) is 72.0 cm³/mol. The van der Waals surface area contributed by atoms with Crippen molar-refractivity contribution in [3.05, 3.63) is 47.2 Å². The Kier molecular flexibility index (Phi) is 4.22. The van der Waals surface area contributed by atoms with Crippen molar-refractivity contribution in [1.82, 2.24) is 9.78 Å². The molecule has 4 nitrogen and oxygen atoms in total. The standard InChI is InChI=1S/C13H11ClF3N3O/c1-8(20-6-2-5-18-20)12(21)19-9-3-4-11(14)10(7-9)13(15,16)17/h2-8H,1H3,(H,19,21)/t8-/m1/s1. The van der Waals surface area contributed by atoms with Crippen LogP contribution in [0, 0.1) is 0 Å². The molecule has 0 saturated heterocycles. The zero-order chi connectivity index (χ0) is 15.6. The van der Waals surface area contributed by atoms with Crippen molar-refractivity contribution in [3.8, 4) is 0 Å². The van der Waals surface area contributed by atoms with Gasteiger partial charge in [0.05, 0.1) is 10.6 Å². The molecule has 1 atom stereocenters. The molecule has 0 radical (unpaired) electrons. The summed E-state index contributed by atoms with van der Waals surface area (Å²) in [6, 6.07) is 4.21. The third-order valence-electron chi connectivity index (χ3n) is 2.84. The number of nitrogens with one attached hydrogen (secondary N) is 1. The molecule has 1 amide bonds. The van der Waals surface area contributed by atoms with Crippen LogP contribution in [0.5, 0.6) is 0 Å². The Morgan fingerprint density at radius 2 is 2.14 bits per heavy atom. The van der Waals surface area contributed by atoms with Gasteiger partial charge in [-0.25, -0.2) is 0 Å². The second-order valence-electron chi connectivity index (χ2n) is 4.34. The molecule has 0 bridgehead atoms. The van der Waals surface area contributed by atoms with Crippen LogP contribution in [0.25, 0.3) is 0 Å². The maximum absolute atomic E-state index is 12.7. The number of halogens is 4. The number of hydrogen-bond donors (Lipinski definition) is 1. The van der Waals surface area contributed by atoms with E-state index in [4.69, 9.17) is 11.6 Å². The van der Waals surface area contributed by atoms with Crippen LogP contribution < -0.4 is 5.32 Å². The molecule has 0 spiro atoms. The topological polar surface area (TPSA) is 46.9 Å². The number of alkyl halides is 3. The number of anilines is 1. The van der Waals surface area contributed by atoms with Gasteiger partial charge in [0.1, 0.15) is 6.04 Å². The van der Waals surface area contributed by atoms with Crippen LogP contribution in [0.1, 0.15) is 18.5 Å². The van der Waals surface area contributed by atoms with Crippen molar-refractivity contribution in [3.63, 3.8) is 0 Å². The van der Waals surface area contributed by atoms with Crippen LogP contribution in [-0.2, 0) is 11.0 Å². The Bertz CT molecular complexity index is 641. The molecule has 0 aliphatic carbocycles. The molecule has 0 aliphatic heterocycles. The van der Waals surface area contributed by atoms with Crippen LogP contribution in [0.4, 0.5) is 18.9 Å². The number of carbonyl (C=O) groups is 1. The van der Waals surface area contributed by atoms with Crippen molar-refractivity contribution in [1.29, 1.82) is 0 Å². The zero-order valence-electron chi connectivity index (χ0n) is 10.9. The normalized spacial score (nSPS) is 13.0. The van der Waals surface area contributed by atoms with Crippen LogP contribution >= 0.6 is 11.6 Å². The van der Waals surface area contributed by atoms with Crippen LogP contribution in [0.3, 0.4) is 0 Å². The second-order valence-corrected chi connectivity index (χ2v) is 4.75. The average Bonchev–Trinajstić information content (AvgIpc) is 2.92. The molecule has 1 aromatic carbocycles. The number of nitrogens with zero attached hydrogens (tertiary/aromatic N) is 2. The van der Waals surface area contributed by atoms with Gasteiger partial charge in [0.15, 0.2) is 0 Å². The first-order valence-electron chi connectivity index (χ1n) is 5.96. The highest BCUT2D eigenvalue weighted by atomic mass is 35.5. The molecule has 0 fully saturated rings. The molecule has 21 heavy (non-hydrogen) atoms. The van der Waals surface area contributed by atoms with E-state index in [0.29, 0.717) is 0 Å². The Balaban J connectivity index is 2.18. The Labute approximate surface area is 123 Å². The lowest BCUT2D eigenvalue weighted by Crippen LogP contribution is -2.24. The van der Waals surface area contributed by atoms with Gasteiger partial charge < -0.3 is 5.32 Å². The fourth-order valence-corrected chi connectivity index (χ4v) is 1.92. The second kappa shape index (κ2) is 5.77. The van der Waals surface area contributed by atoms with Crippen molar-refractivity contribution < 1.29 is 18.0 Å². The van der Waals surface area contributed by atoms with Gasteiger partial charge in [-0.05, 0) is 31.2 Å². The van der Waals surface area contributed by atoms with Gasteiger partial charge in [-0.3, -0.25) is 9.48 Å². The van der Waals surface area contributed by atoms with Gasteiger partial charge in [-0.1, -0.05) is 11.6 Å². The summed E-state index contributed by atoms with van der Waals surface area (Å²) in [4.78, 5) is 12.0. The summed E-state index contributed by atoms with van der Waals surface area (Å²) >= 11 is 5.51. The Morgan fingerprint density at radius 1 is 1.43 bits per heavy atom. The summed E-state index contributed by atoms with van der Waals surface area (Å²) in [7, 11) is 0. The van der Waals surface area contributed by atoms with Crippen LogP contribution in [-0.4, -0.2) is 15.7 Å². The van der Waals surface area contributed by atoms with Gasteiger partial charge in [-0.2, -0.15) is 18.3 Å². The molecule has 1 aromatic heterocycles. The molecular weight excluding hydrogens is 307 g/mol. The van der Waals surface area contributed by atoms with Crippen molar-refractivity contribution in [2.45, 2.75) is 19.1 Å². The van der Waals surface area contributed by atoms with E-state index in [9.17, 15) is 18.0 Å². The number of hydrogen-bond acceptors (Lipinski definition) is 2. The van der Waals surface area contributed by atoms with E-state index < -0.39 is 28.7 Å².